The summed E-state index contributed by atoms with van der Waals surface area (Å²) in [5, 5.41) is 2.66. The summed E-state index contributed by atoms with van der Waals surface area (Å²) in [6.07, 6.45) is 0. The number of hydrogen-bond acceptors (Lipinski definition) is 3. The molecule has 22 heavy (non-hydrogen) atoms. The van der Waals surface area contributed by atoms with Crippen molar-refractivity contribution in [3.05, 3.63) is 58.9 Å². The van der Waals surface area contributed by atoms with Gasteiger partial charge >= 0.3 is 0 Å². The highest BCUT2D eigenvalue weighted by molar-refractivity contribution is 7.92. The molecule has 1 amide bonds. The van der Waals surface area contributed by atoms with Gasteiger partial charge in [0.2, 0.25) is 5.91 Å². The molecule has 0 atom stereocenters. The van der Waals surface area contributed by atoms with E-state index in [-0.39, 0.29) is 10.6 Å². The lowest BCUT2D eigenvalue weighted by Crippen LogP contribution is -2.23. The smallest absolute Gasteiger partial charge is 0.240 e. The molecule has 0 aliphatic carbocycles. The number of aryl methyl sites for hydroxylation is 1. The molecule has 4 nitrogen and oxygen atoms in total. The second kappa shape index (κ2) is 6.46. The van der Waals surface area contributed by atoms with E-state index in [1.165, 1.54) is 36.4 Å². The van der Waals surface area contributed by atoms with Crippen LogP contribution >= 0.6 is 11.6 Å². The van der Waals surface area contributed by atoms with Crippen LogP contribution in [0.2, 0.25) is 5.02 Å². The molecule has 0 radical (unpaired) electrons. The number of carbonyl (C=O) groups is 1. The predicted molar refractivity (Wildman–Crippen MR) is 83.3 cm³/mol. The topological polar surface area (TPSA) is 63.2 Å². The van der Waals surface area contributed by atoms with Crippen molar-refractivity contribution in [1.29, 1.82) is 0 Å². The Bertz CT molecular complexity index is 804. The standard InChI is InChI=1S/C15H13ClFNO3S/c1-10-2-7-13(17)14(8-10)18-15(19)9-22(20,21)12-5-3-11(16)4-6-12/h2-8H,9H2,1H3,(H,18,19). The average Bonchev–Trinajstić information content (AvgIpc) is 2.42. The number of anilines is 1. The summed E-state index contributed by atoms with van der Waals surface area (Å²) in [5.74, 6) is -2.20. The van der Waals surface area contributed by atoms with Gasteiger partial charge in [-0.2, -0.15) is 0 Å². The Kier molecular flexibility index (Phi) is 4.83. The van der Waals surface area contributed by atoms with Crippen molar-refractivity contribution < 1.29 is 17.6 Å². The first-order chi connectivity index (χ1) is 10.3. The Hall–Kier alpha value is -1.92. The van der Waals surface area contributed by atoms with Crippen molar-refractivity contribution in [2.45, 2.75) is 11.8 Å². The van der Waals surface area contributed by atoms with Gasteiger partial charge < -0.3 is 5.32 Å². The Labute approximate surface area is 132 Å². The predicted octanol–water partition coefficient (Wildman–Crippen LogP) is 3.20. The maximum Gasteiger partial charge on any atom is 0.240 e. The molecule has 7 heteroatoms. The van der Waals surface area contributed by atoms with E-state index >= 15 is 0 Å². The van der Waals surface area contributed by atoms with Gasteiger partial charge in [-0.15, -0.1) is 0 Å². The first-order valence-corrected chi connectivity index (χ1v) is 8.35. The highest BCUT2D eigenvalue weighted by Crippen LogP contribution is 2.18. The number of carbonyl (C=O) groups excluding carboxylic acids is 1. The minimum atomic E-state index is -3.81. The lowest BCUT2D eigenvalue weighted by molar-refractivity contribution is -0.113. The van der Waals surface area contributed by atoms with Gasteiger partial charge in [0.25, 0.3) is 0 Å². The van der Waals surface area contributed by atoms with Crippen LogP contribution in [-0.4, -0.2) is 20.1 Å². The van der Waals surface area contributed by atoms with Crippen LogP contribution in [0.3, 0.4) is 0 Å². The summed E-state index contributed by atoms with van der Waals surface area (Å²) < 4.78 is 37.7. The second-order valence-electron chi connectivity index (χ2n) is 4.74. The van der Waals surface area contributed by atoms with Gasteiger partial charge in [0.15, 0.2) is 9.84 Å². The van der Waals surface area contributed by atoms with E-state index in [1.807, 2.05) is 0 Å². The van der Waals surface area contributed by atoms with Crippen LogP contribution in [0.5, 0.6) is 0 Å². The second-order valence-corrected chi connectivity index (χ2v) is 7.17. The molecule has 0 unspecified atom stereocenters. The van der Waals surface area contributed by atoms with E-state index in [0.717, 1.165) is 5.56 Å². The van der Waals surface area contributed by atoms with Crippen LogP contribution in [0.1, 0.15) is 5.56 Å². The Morgan fingerprint density at radius 3 is 2.45 bits per heavy atom. The minimum Gasteiger partial charge on any atom is -0.323 e. The summed E-state index contributed by atoms with van der Waals surface area (Å²) in [4.78, 5) is 11.8. The van der Waals surface area contributed by atoms with Gasteiger partial charge in [0.05, 0.1) is 10.6 Å². The third-order valence-electron chi connectivity index (χ3n) is 2.89. The van der Waals surface area contributed by atoms with E-state index in [0.29, 0.717) is 5.02 Å². The Morgan fingerprint density at radius 1 is 1.18 bits per heavy atom. The van der Waals surface area contributed by atoms with Gasteiger partial charge in [-0.3, -0.25) is 4.79 Å². The monoisotopic (exact) mass is 341 g/mol. The van der Waals surface area contributed by atoms with E-state index < -0.39 is 27.3 Å². The molecule has 116 valence electrons. The number of halogens is 2. The zero-order valence-electron chi connectivity index (χ0n) is 11.6. The van der Waals surface area contributed by atoms with Gasteiger partial charge in [0.1, 0.15) is 11.6 Å². The average molecular weight is 342 g/mol. The molecule has 1 N–H and O–H groups in total. The summed E-state index contributed by atoms with van der Waals surface area (Å²) in [5.41, 5.74) is 0.702. The van der Waals surface area contributed by atoms with Crippen molar-refractivity contribution in [2.24, 2.45) is 0 Å². The van der Waals surface area contributed by atoms with E-state index in [2.05, 4.69) is 5.32 Å². The molecule has 2 aromatic carbocycles. The molecule has 0 saturated carbocycles. The third kappa shape index (κ3) is 4.05. The summed E-state index contributed by atoms with van der Waals surface area (Å²) in [7, 11) is -3.81. The van der Waals surface area contributed by atoms with Crippen molar-refractivity contribution in [3.63, 3.8) is 0 Å². The molecule has 0 aliphatic rings. The number of hydrogen-bond donors (Lipinski definition) is 1. The Morgan fingerprint density at radius 2 is 1.82 bits per heavy atom. The zero-order valence-corrected chi connectivity index (χ0v) is 13.2. The lowest BCUT2D eigenvalue weighted by Gasteiger charge is -2.08. The van der Waals surface area contributed by atoms with Crippen molar-refractivity contribution in [1.82, 2.24) is 0 Å². The van der Waals surface area contributed by atoms with E-state index in [1.54, 1.807) is 13.0 Å². The molecule has 0 fully saturated rings. The van der Waals surface area contributed by atoms with Crippen LogP contribution in [0, 0.1) is 12.7 Å². The number of nitrogens with one attached hydrogen (secondary N) is 1. The van der Waals surface area contributed by atoms with Gasteiger partial charge in [-0.1, -0.05) is 17.7 Å². The third-order valence-corrected chi connectivity index (χ3v) is 4.77. The quantitative estimate of drug-likeness (QED) is 0.928. The number of benzene rings is 2. The molecule has 0 bridgehead atoms. The van der Waals surface area contributed by atoms with Crippen molar-refractivity contribution >= 4 is 33.0 Å². The summed E-state index contributed by atoms with van der Waals surface area (Å²) in [6.45, 7) is 1.74. The molecule has 2 aromatic rings. The fraction of sp³-hybridized carbons (Fsp3) is 0.133. The molecular formula is C15H13ClFNO3S. The molecule has 0 aromatic heterocycles. The first-order valence-electron chi connectivity index (χ1n) is 6.32. The SMILES string of the molecule is Cc1ccc(F)c(NC(=O)CS(=O)(=O)c2ccc(Cl)cc2)c1. The largest absolute Gasteiger partial charge is 0.323 e. The van der Waals surface area contributed by atoms with E-state index in [9.17, 15) is 17.6 Å². The minimum absolute atomic E-state index is 0.0169. The van der Waals surface area contributed by atoms with Crippen LogP contribution in [0.25, 0.3) is 0 Å². The summed E-state index contributed by atoms with van der Waals surface area (Å²) >= 11 is 5.69. The Balaban J connectivity index is 2.14. The molecular weight excluding hydrogens is 329 g/mol. The highest BCUT2D eigenvalue weighted by atomic mass is 35.5. The normalized spacial score (nSPS) is 11.2. The molecule has 0 spiro atoms. The van der Waals surface area contributed by atoms with Crippen LogP contribution in [-0.2, 0) is 14.6 Å². The van der Waals surface area contributed by atoms with Crippen molar-refractivity contribution in [2.75, 3.05) is 11.1 Å². The molecule has 0 aliphatic heterocycles. The van der Waals surface area contributed by atoms with Gasteiger partial charge in [0, 0.05) is 5.02 Å². The number of sulfone groups is 1. The lowest BCUT2D eigenvalue weighted by atomic mass is 10.2. The maximum atomic E-state index is 13.6. The molecule has 2 rings (SSSR count). The van der Waals surface area contributed by atoms with Crippen LogP contribution in [0.15, 0.2) is 47.4 Å². The highest BCUT2D eigenvalue weighted by Gasteiger charge is 2.20. The van der Waals surface area contributed by atoms with Gasteiger partial charge in [-0.05, 0) is 48.9 Å². The van der Waals surface area contributed by atoms with Gasteiger partial charge in [-0.25, -0.2) is 12.8 Å². The van der Waals surface area contributed by atoms with E-state index in [4.69, 9.17) is 11.6 Å². The molecule has 0 saturated heterocycles. The number of rotatable bonds is 4. The van der Waals surface area contributed by atoms with Crippen LogP contribution < -0.4 is 5.32 Å². The fourth-order valence-corrected chi connectivity index (χ4v) is 3.08. The zero-order chi connectivity index (χ0) is 16.3. The van der Waals surface area contributed by atoms with Crippen molar-refractivity contribution in [3.8, 4) is 0 Å². The first kappa shape index (κ1) is 16.5. The number of amides is 1. The van der Waals surface area contributed by atoms with Crippen LogP contribution in [0.4, 0.5) is 10.1 Å². The summed E-state index contributed by atoms with van der Waals surface area (Å²) in [6, 6.07) is 9.67. The molecule has 0 heterocycles. The maximum absolute atomic E-state index is 13.6. The fourth-order valence-electron chi connectivity index (χ4n) is 1.82.